The number of carbonyl (C=O) groups excluding carboxylic acids is 1. The van der Waals surface area contributed by atoms with E-state index in [-0.39, 0.29) is 12.5 Å². The van der Waals surface area contributed by atoms with Gasteiger partial charge in [0.25, 0.3) is 0 Å². The topological polar surface area (TPSA) is 68.0 Å². The summed E-state index contributed by atoms with van der Waals surface area (Å²) >= 11 is 1.51. The van der Waals surface area contributed by atoms with Crippen molar-refractivity contribution in [3.63, 3.8) is 0 Å². The summed E-state index contributed by atoms with van der Waals surface area (Å²) < 4.78 is 0. The quantitative estimate of drug-likeness (QED) is 0.909. The number of hydrogen-bond donors (Lipinski definition) is 2. The molecule has 1 aromatic carbocycles. The molecule has 0 radical (unpaired) electrons. The van der Waals surface area contributed by atoms with E-state index in [9.17, 15) is 4.79 Å². The van der Waals surface area contributed by atoms with Crippen LogP contribution in [0.3, 0.4) is 0 Å². The maximum Gasteiger partial charge on any atom is 0.239 e. The Morgan fingerprint density at radius 2 is 2.10 bits per heavy atom. The molecule has 2 aromatic rings. The van der Waals surface area contributed by atoms with Crippen molar-refractivity contribution in [1.29, 1.82) is 0 Å². The summed E-state index contributed by atoms with van der Waals surface area (Å²) in [6.45, 7) is 6.24. The third-order valence-electron chi connectivity index (χ3n) is 3.23. The predicted octanol–water partition coefficient (Wildman–Crippen LogP) is 2.89. The van der Waals surface area contributed by atoms with Gasteiger partial charge in [0.05, 0.1) is 12.2 Å². The van der Waals surface area contributed by atoms with E-state index in [0.29, 0.717) is 5.13 Å². The van der Waals surface area contributed by atoms with Gasteiger partial charge in [-0.05, 0) is 37.5 Å². The highest BCUT2D eigenvalue weighted by atomic mass is 32.1. The number of aromatic nitrogens is 1. The van der Waals surface area contributed by atoms with Crippen molar-refractivity contribution in [2.45, 2.75) is 27.2 Å². The number of hydrogen-bond acceptors (Lipinski definition) is 4. The Labute approximate surface area is 123 Å². The summed E-state index contributed by atoms with van der Waals surface area (Å²) in [6.07, 6.45) is 0.887. The second kappa shape index (κ2) is 6.15. The van der Waals surface area contributed by atoms with Crippen LogP contribution in [0.4, 0.5) is 5.13 Å². The molecule has 0 unspecified atom stereocenters. The number of aryl methyl sites for hydroxylation is 3. The molecule has 0 aliphatic heterocycles. The Kier molecular flexibility index (Phi) is 4.52. The molecule has 0 bridgehead atoms. The molecule has 0 spiro atoms. The minimum atomic E-state index is -0.215. The molecule has 4 nitrogen and oxygen atoms in total. The van der Waals surface area contributed by atoms with Gasteiger partial charge in [0.15, 0.2) is 5.13 Å². The first kappa shape index (κ1) is 14.7. The average molecular weight is 289 g/mol. The largest absolute Gasteiger partial charge is 0.322 e. The van der Waals surface area contributed by atoms with Crippen LogP contribution >= 0.6 is 11.3 Å². The summed E-state index contributed by atoms with van der Waals surface area (Å²) in [7, 11) is 0. The standard InChI is InChI=1S/C15H19N3OS/c1-4-12-14(11-6-5-9(2)10(3)7-11)18-15(20-12)17-13(19)8-16/h5-7H,4,8,16H2,1-3H3,(H,17,18,19). The predicted molar refractivity (Wildman–Crippen MR) is 84.1 cm³/mol. The lowest BCUT2D eigenvalue weighted by Gasteiger charge is -2.04. The molecule has 2 rings (SSSR count). The van der Waals surface area contributed by atoms with Gasteiger partial charge in [-0.3, -0.25) is 4.79 Å². The van der Waals surface area contributed by atoms with Crippen molar-refractivity contribution in [2.24, 2.45) is 5.73 Å². The molecular formula is C15H19N3OS. The third-order valence-corrected chi connectivity index (χ3v) is 4.35. The van der Waals surface area contributed by atoms with Crippen LogP contribution in [0.5, 0.6) is 0 Å². The van der Waals surface area contributed by atoms with Crippen molar-refractivity contribution < 1.29 is 4.79 Å². The van der Waals surface area contributed by atoms with E-state index in [1.807, 2.05) is 0 Å². The van der Waals surface area contributed by atoms with Crippen LogP contribution in [0.15, 0.2) is 18.2 Å². The highest BCUT2D eigenvalue weighted by Crippen LogP contribution is 2.32. The second-order valence-corrected chi connectivity index (χ2v) is 5.78. The van der Waals surface area contributed by atoms with Gasteiger partial charge in [-0.1, -0.05) is 19.1 Å². The fourth-order valence-electron chi connectivity index (χ4n) is 1.93. The Morgan fingerprint density at radius 3 is 2.70 bits per heavy atom. The van der Waals surface area contributed by atoms with Gasteiger partial charge in [-0.2, -0.15) is 0 Å². The van der Waals surface area contributed by atoms with Gasteiger partial charge in [-0.25, -0.2) is 4.98 Å². The first-order valence-electron chi connectivity index (χ1n) is 6.62. The number of nitrogens with one attached hydrogen (secondary N) is 1. The molecule has 0 aliphatic rings. The monoisotopic (exact) mass is 289 g/mol. The minimum absolute atomic E-state index is 0.0278. The highest BCUT2D eigenvalue weighted by molar-refractivity contribution is 7.16. The van der Waals surface area contributed by atoms with Gasteiger partial charge >= 0.3 is 0 Å². The molecule has 3 N–H and O–H groups in total. The molecule has 0 atom stereocenters. The molecule has 0 aliphatic carbocycles. The smallest absolute Gasteiger partial charge is 0.239 e. The number of benzene rings is 1. The third kappa shape index (κ3) is 3.05. The van der Waals surface area contributed by atoms with Gasteiger partial charge in [-0.15, -0.1) is 11.3 Å². The van der Waals surface area contributed by atoms with Crippen molar-refractivity contribution in [1.82, 2.24) is 4.98 Å². The maximum absolute atomic E-state index is 11.4. The van der Waals surface area contributed by atoms with Crippen molar-refractivity contribution in [3.8, 4) is 11.3 Å². The van der Waals surface area contributed by atoms with Crippen molar-refractivity contribution in [3.05, 3.63) is 34.2 Å². The number of thiazole rings is 1. The molecule has 1 amide bonds. The minimum Gasteiger partial charge on any atom is -0.322 e. The fraction of sp³-hybridized carbons (Fsp3) is 0.333. The molecule has 0 fully saturated rings. The fourth-order valence-corrected chi connectivity index (χ4v) is 2.87. The lowest BCUT2D eigenvalue weighted by atomic mass is 10.0. The van der Waals surface area contributed by atoms with Crippen molar-refractivity contribution in [2.75, 3.05) is 11.9 Å². The number of rotatable bonds is 4. The van der Waals surface area contributed by atoms with Crippen LogP contribution in [0, 0.1) is 13.8 Å². The summed E-state index contributed by atoms with van der Waals surface area (Å²) in [6, 6.07) is 6.31. The number of amides is 1. The van der Waals surface area contributed by atoms with Gasteiger partial charge in [0.2, 0.25) is 5.91 Å². The molecule has 106 valence electrons. The number of carbonyl (C=O) groups is 1. The van der Waals surface area contributed by atoms with Gasteiger partial charge in [0, 0.05) is 10.4 Å². The Hall–Kier alpha value is -1.72. The molecule has 1 aromatic heterocycles. The molecule has 5 heteroatoms. The van der Waals surface area contributed by atoms with Crippen LogP contribution in [0.2, 0.25) is 0 Å². The molecule has 20 heavy (non-hydrogen) atoms. The highest BCUT2D eigenvalue weighted by Gasteiger charge is 2.13. The van der Waals surface area contributed by atoms with Crippen LogP contribution in [0.1, 0.15) is 22.9 Å². The Balaban J connectivity index is 2.39. The molecule has 0 saturated heterocycles. The number of nitrogens with two attached hydrogens (primary N) is 1. The van der Waals surface area contributed by atoms with Crippen molar-refractivity contribution >= 4 is 22.4 Å². The van der Waals surface area contributed by atoms with Crippen LogP contribution < -0.4 is 11.1 Å². The lowest BCUT2D eigenvalue weighted by Crippen LogP contribution is -2.21. The summed E-state index contributed by atoms with van der Waals surface area (Å²) in [5.41, 5.74) is 9.86. The first-order valence-corrected chi connectivity index (χ1v) is 7.44. The average Bonchev–Trinajstić information content (AvgIpc) is 2.84. The zero-order chi connectivity index (χ0) is 14.7. The number of anilines is 1. The Morgan fingerprint density at radius 1 is 1.35 bits per heavy atom. The molecule has 0 saturated carbocycles. The van der Waals surface area contributed by atoms with Crippen LogP contribution in [-0.4, -0.2) is 17.4 Å². The van der Waals surface area contributed by atoms with E-state index >= 15 is 0 Å². The van der Waals surface area contributed by atoms with E-state index < -0.39 is 0 Å². The zero-order valence-electron chi connectivity index (χ0n) is 12.0. The SMILES string of the molecule is CCc1sc(NC(=O)CN)nc1-c1ccc(C)c(C)c1. The number of nitrogens with zero attached hydrogens (tertiary/aromatic N) is 1. The van der Waals surface area contributed by atoms with Crippen LogP contribution in [-0.2, 0) is 11.2 Å². The Bertz CT molecular complexity index is 634. The van der Waals surface area contributed by atoms with E-state index in [4.69, 9.17) is 5.73 Å². The normalized spacial score (nSPS) is 10.6. The lowest BCUT2D eigenvalue weighted by molar-refractivity contribution is -0.114. The van der Waals surface area contributed by atoms with E-state index in [1.165, 1.54) is 27.3 Å². The summed E-state index contributed by atoms with van der Waals surface area (Å²) in [5.74, 6) is -0.215. The molecular weight excluding hydrogens is 270 g/mol. The summed E-state index contributed by atoms with van der Waals surface area (Å²) in [5, 5.41) is 3.34. The molecule has 1 heterocycles. The van der Waals surface area contributed by atoms with Crippen LogP contribution in [0.25, 0.3) is 11.3 Å². The van der Waals surface area contributed by atoms with Gasteiger partial charge < -0.3 is 11.1 Å². The summed E-state index contributed by atoms with van der Waals surface area (Å²) in [4.78, 5) is 17.1. The van der Waals surface area contributed by atoms with E-state index in [2.05, 4.69) is 49.3 Å². The maximum atomic E-state index is 11.4. The first-order chi connectivity index (χ1) is 9.55. The van der Waals surface area contributed by atoms with E-state index in [1.54, 1.807) is 0 Å². The second-order valence-electron chi connectivity index (χ2n) is 4.70. The van der Waals surface area contributed by atoms with Gasteiger partial charge in [0.1, 0.15) is 0 Å². The zero-order valence-corrected chi connectivity index (χ0v) is 12.8. The van der Waals surface area contributed by atoms with E-state index in [0.717, 1.165) is 17.7 Å².